The van der Waals surface area contributed by atoms with Crippen molar-refractivity contribution in [3.63, 3.8) is 0 Å². The number of carboxylic acid groups (broad SMARTS) is 1. The third-order valence-corrected chi connectivity index (χ3v) is 5.43. The van der Waals surface area contributed by atoms with Crippen LogP contribution < -0.4 is 4.74 Å². The van der Waals surface area contributed by atoms with Crippen LogP contribution in [0.15, 0.2) is 24.3 Å². The Balaban J connectivity index is 2.57. The Labute approximate surface area is 196 Å². The van der Waals surface area contributed by atoms with Crippen molar-refractivity contribution >= 4 is 23.8 Å². The Morgan fingerprint density at radius 3 is 2.39 bits per heavy atom. The van der Waals surface area contributed by atoms with E-state index in [4.69, 9.17) is 14.6 Å². The summed E-state index contributed by atoms with van der Waals surface area (Å²) in [5.41, 5.74) is 0.754. The highest BCUT2D eigenvalue weighted by molar-refractivity contribution is 7.99. The summed E-state index contributed by atoms with van der Waals surface area (Å²) in [5, 5.41) is 9.16. The van der Waals surface area contributed by atoms with Crippen LogP contribution in [0.4, 0.5) is 18.0 Å². The second-order valence-electron chi connectivity index (χ2n) is 7.10. The summed E-state index contributed by atoms with van der Waals surface area (Å²) in [4.78, 5) is 24.5. The first-order valence-corrected chi connectivity index (χ1v) is 11.9. The van der Waals surface area contributed by atoms with E-state index in [2.05, 4.69) is 11.7 Å². The first kappa shape index (κ1) is 28.9. The van der Waals surface area contributed by atoms with Gasteiger partial charge in [0.05, 0.1) is 6.54 Å². The molecule has 1 unspecified atom stereocenters. The molecule has 1 aromatic carbocycles. The topological polar surface area (TPSA) is 85.3 Å². The molecule has 188 valence electrons. The molecule has 0 saturated carbocycles. The van der Waals surface area contributed by atoms with Crippen molar-refractivity contribution in [3.05, 3.63) is 29.8 Å². The molecule has 1 aromatic rings. The van der Waals surface area contributed by atoms with Gasteiger partial charge in [-0.05, 0) is 36.8 Å². The van der Waals surface area contributed by atoms with Gasteiger partial charge in [-0.25, -0.2) is 9.59 Å². The predicted molar refractivity (Wildman–Crippen MR) is 120 cm³/mol. The Hall–Kier alpha value is -2.14. The normalized spacial score (nSPS) is 12.3. The molecule has 0 aliphatic rings. The monoisotopic (exact) mass is 495 g/mol. The molecule has 1 N–H and O–H groups in total. The van der Waals surface area contributed by atoms with Crippen LogP contribution in [-0.2, 0) is 20.7 Å². The minimum absolute atomic E-state index is 0.0663. The standard InChI is InChI=1S/C22H32F3NO6S/c1-3-5-13-33-14-11-26(21(29)32-16-22(23,24)25)10-12-31-18-8-6-17(7-9-18)15-19(20(27)28)30-4-2/h6-9,19H,3-5,10-16H2,1-2H3,(H,27,28). The van der Waals surface area contributed by atoms with Gasteiger partial charge in [0.2, 0.25) is 0 Å². The number of alkyl halides is 3. The average Bonchev–Trinajstić information content (AvgIpc) is 2.76. The second kappa shape index (κ2) is 15.7. The molecule has 0 saturated heterocycles. The number of thioether (sulfide) groups is 1. The first-order chi connectivity index (χ1) is 15.7. The minimum atomic E-state index is -4.59. The SMILES string of the molecule is CCCCSCCN(CCOc1ccc(CC(OCC)C(=O)O)cc1)C(=O)OCC(F)(F)F. The second-order valence-corrected chi connectivity index (χ2v) is 8.33. The summed E-state index contributed by atoms with van der Waals surface area (Å²) in [7, 11) is 0. The van der Waals surface area contributed by atoms with Gasteiger partial charge in [-0.2, -0.15) is 24.9 Å². The number of unbranched alkanes of at least 4 members (excludes halogenated alkanes) is 1. The summed E-state index contributed by atoms with van der Waals surface area (Å²) < 4.78 is 52.3. The molecule has 0 aliphatic heterocycles. The van der Waals surface area contributed by atoms with Crippen molar-refractivity contribution < 1.29 is 42.1 Å². The van der Waals surface area contributed by atoms with Crippen LogP contribution in [0.2, 0.25) is 0 Å². The van der Waals surface area contributed by atoms with Crippen molar-refractivity contribution in [1.82, 2.24) is 4.90 Å². The number of halogens is 3. The van der Waals surface area contributed by atoms with E-state index >= 15 is 0 Å². The average molecular weight is 496 g/mol. The first-order valence-electron chi connectivity index (χ1n) is 10.8. The molecule has 11 heteroatoms. The third-order valence-electron chi connectivity index (χ3n) is 4.38. The van der Waals surface area contributed by atoms with E-state index in [0.29, 0.717) is 11.5 Å². The quantitative estimate of drug-likeness (QED) is 0.335. The zero-order valence-electron chi connectivity index (χ0n) is 18.9. The van der Waals surface area contributed by atoms with Crippen LogP contribution in [0.25, 0.3) is 0 Å². The molecule has 0 radical (unpaired) electrons. The number of carbonyl (C=O) groups is 2. The number of amides is 1. The van der Waals surface area contributed by atoms with Crippen molar-refractivity contribution in [2.45, 2.75) is 45.4 Å². The highest BCUT2D eigenvalue weighted by Crippen LogP contribution is 2.17. The summed E-state index contributed by atoms with van der Waals surface area (Å²) in [6.07, 6.45) is -4.28. The van der Waals surface area contributed by atoms with Gasteiger partial charge < -0.3 is 24.2 Å². The van der Waals surface area contributed by atoms with Gasteiger partial charge in [0.15, 0.2) is 12.7 Å². The maximum Gasteiger partial charge on any atom is 0.422 e. The molecule has 0 aliphatic carbocycles. The van der Waals surface area contributed by atoms with E-state index < -0.39 is 30.9 Å². The number of aliphatic carboxylic acids is 1. The summed E-state index contributed by atoms with van der Waals surface area (Å²) >= 11 is 1.62. The fourth-order valence-corrected chi connectivity index (χ4v) is 3.73. The molecule has 1 atom stereocenters. The van der Waals surface area contributed by atoms with E-state index in [9.17, 15) is 22.8 Å². The van der Waals surface area contributed by atoms with Crippen molar-refractivity contribution in [1.29, 1.82) is 0 Å². The predicted octanol–water partition coefficient (Wildman–Crippen LogP) is 4.63. The summed E-state index contributed by atoms with van der Waals surface area (Å²) in [6, 6.07) is 6.74. The Bertz CT molecular complexity index is 702. The smallest absolute Gasteiger partial charge is 0.422 e. The molecule has 1 rings (SSSR count). The van der Waals surface area contributed by atoms with Gasteiger partial charge in [0.25, 0.3) is 0 Å². The number of ether oxygens (including phenoxy) is 3. The molecule has 33 heavy (non-hydrogen) atoms. The van der Waals surface area contributed by atoms with E-state index in [1.54, 1.807) is 43.0 Å². The third kappa shape index (κ3) is 13.2. The fourth-order valence-electron chi connectivity index (χ4n) is 2.68. The lowest BCUT2D eigenvalue weighted by atomic mass is 10.1. The maximum atomic E-state index is 12.4. The molecular weight excluding hydrogens is 463 g/mol. The molecule has 0 heterocycles. The number of hydrogen-bond donors (Lipinski definition) is 1. The summed E-state index contributed by atoms with van der Waals surface area (Å²) in [5.74, 6) is 0.947. The molecule has 0 spiro atoms. The zero-order chi connectivity index (χ0) is 24.7. The zero-order valence-corrected chi connectivity index (χ0v) is 19.8. The highest BCUT2D eigenvalue weighted by atomic mass is 32.2. The Kier molecular flexibility index (Phi) is 13.7. The van der Waals surface area contributed by atoms with Crippen molar-refractivity contribution in [2.24, 2.45) is 0 Å². The largest absolute Gasteiger partial charge is 0.492 e. The Morgan fingerprint density at radius 1 is 1.12 bits per heavy atom. The van der Waals surface area contributed by atoms with Crippen LogP contribution in [0.5, 0.6) is 5.75 Å². The van der Waals surface area contributed by atoms with Gasteiger partial charge in [0, 0.05) is 25.3 Å². The van der Waals surface area contributed by atoms with Crippen LogP contribution in [0.3, 0.4) is 0 Å². The van der Waals surface area contributed by atoms with Gasteiger partial charge in [-0.15, -0.1) is 0 Å². The number of carbonyl (C=O) groups excluding carboxylic acids is 1. The minimum Gasteiger partial charge on any atom is -0.492 e. The van der Waals surface area contributed by atoms with E-state index in [0.717, 1.165) is 24.2 Å². The molecule has 0 bridgehead atoms. The highest BCUT2D eigenvalue weighted by Gasteiger charge is 2.30. The van der Waals surface area contributed by atoms with Crippen LogP contribution >= 0.6 is 11.8 Å². The fraction of sp³-hybridized carbons (Fsp3) is 0.636. The van der Waals surface area contributed by atoms with E-state index in [1.807, 2.05) is 0 Å². The Morgan fingerprint density at radius 2 is 1.82 bits per heavy atom. The number of nitrogens with zero attached hydrogens (tertiary/aromatic N) is 1. The molecule has 0 aromatic heterocycles. The lowest BCUT2D eigenvalue weighted by molar-refractivity contribution is -0.162. The molecule has 7 nitrogen and oxygen atoms in total. The number of carboxylic acids is 1. The maximum absolute atomic E-state index is 12.4. The summed E-state index contributed by atoms with van der Waals surface area (Å²) in [6.45, 7) is 2.83. The van der Waals surface area contributed by atoms with Crippen LogP contribution in [0.1, 0.15) is 32.3 Å². The van der Waals surface area contributed by atoms with Crippen molar-refractivity contribution in [2.75, 3.05) is 44.4 Å². The molecule has 0 fully saturated rings. The molecular formula is C22H32F3NO6S. The number of hydrogen-bond acceptors (Lipinski definition) is 6. The van der Waals surface area contributed by atoms with Crippen LogP contribution in [-0.4, -0.2) is 78.8 Å². The van der Waals surface area contributed by atoms with Gasteiger partial charge in [-0.3, -0.25) is 0 Å². The van der Waals surface area contributed by atoms with Crippen molar-refractivity contribution in [3.8, 4) is 5.75 Å². The lowest BCUT2D eigenvalue weighted by Crippen LogP contribution is -2.38. The van der Waals surface area contributed by atoms with Gasteiger partial charge in [0.1, 0.15) is 12.4 Å². The van der Waals surface area contributed by atoms with E-state index in [-0.39, 0.29) is 32.7 Å². The van der Waals surface area contributed by atoms with Gasteiger partial charge in [-0.1, -0.05) is 25.5 Å². The number of benzene rings is 1. The van der Waals surface area contributed by atoms with Crippen LogP contribution in [0, 0.1) is 0 Å². The molecule has 1 amide bonds. The van der Waals surface area contributed by atoms with E-state index in [1.165, 1.54) is 4.90 Å². The van der Waals surface area contributed by atoms with Gasteiger partial charge >= 0.3 is 18.2 Å². The lowest BCUT2D eigenvalue weighted by Gasteiger charge is -2.22. The number of rotatable bonds is 16.